The first-order chi connectivity index (χ1) is 8.31. The number of hydrogen-bond donors (Lipinski definition) is 2. The number of nitrogens with one attached hydrogen (secondary N) is 1. The lowest BCUT2D eigenvalue weighted by Crippen LogP contribution is -2.27. The molecular formula is C15H25NO. The van der Waals surface area contributed by atoms with Gasteiger partial charge in [-0.3, -0.25) is 0 Å². The van der Waals surface area contributed by atoms with Crippen LogP contribution in [0.3, 0.4) is 0 Å². The molecule has 1 aromatic carbocycles. The highest BCUT2D eigenvalue weighted by atomic mass is 16.3. The molecule has 0 amide bonds. The van der Waals surface area contributed by atoms with Gasteiger partial charge in [-0.2, -0.15) is 0 Å². The molecule has 0 saturated carbocycles. The molecule has 0 aliphatic rings. The summed E-state index contributed by atoms with van der Waals surface area (Å²) in [6.45, 7) is 5.68. The third kappa shape index (κ3) is 4.88. The van der Waals surface area contributed by atoms with Gasteiger partial charge in [0, 0.05) is 12.6 Å². The summed E-state index contributed by atoms with van der Waals surface area (Å²) in [6.07, 6.45) is 3.12. The normalized spacial score (nSPS) is 14.5. The van der Waals surface area contributed by atoms with Gasteiger partial charge in [-0.05, 0) is 30.9 Å². The van der Waals surface area contributed by atoms with Crippen LogP contribution in [-0.2, 0) is 0 Å². The Labute approximate surface area is 105 Å². The fraction of sp³-hybridized carbons (Fsp3) is 0.600. The maximum absolute atomic E-state index is 8.98. The van der Waals surface area contributed by atoms with Crippen LogP contribution in [-0.4, -0.2) is 18.3 Å². The van der Waals surface area contributed by atoms with Gasteiger partial charge >= 0.3 is 0 Å². The van der Waals surface area contributed by atoms with E-state index in [2.05, 4.69) is 49.5 Å². The maximum atomic E-state index is 8.98. The minimum atomic E-state index is 0.294. The van der Waals surface area contributed by atoms with Gasteiger partial charge in [-0.1, -0.05) is 50.6 Å². The molecule has 1 rings (SSSR count). The summed E-state index contributed by atoms with van der Waals surface area (Å²) in [6, 6.07) is 11.0. The molecule has 0 aliphatic carbocycles. The van der Waals surface area contributed by atoms with Gasteiger partial charge in [0.2, 0.25) is 0 Å². The van der Waals surface area contributed by atoms with Crippen LogP contribution < -0.4 is 5.32 Å². The van der Waals surface area contributed by atoms with Gasteiger partial charge in [-0.25, -0.2) is 0 Å². The van der Waals surface area contributed by atoms with Crippen LogP contribution in [0.4, 0.5) is 0 Å². The first-order valence-corrected chi connectivity index (χ1v) is 6.71. The van der Waals surface area contributed by atoms with Crippen molar-refractivity contribution in [1.82, 2.24) is 5.32 Å². The van der Waals surface area contributed by atoms with E-state index < -0.39 is 0 Å². The highest BCUT2D eigenvalue weighted by Crippen LogP contribution is 2.17. The molecule has 2 heteroatoms. The fourth-order valence-corrected chi connectivity index (χ4v) is 2.13. The predicted octanol–water partition coefficient (Wildman–Crippen LogP) is 3.14. The van der Waals surface area contributed by atoms with Crippen LogP contribution in [0.15, 0.2) is 30.3 Å². The SMILES string of the molecule is CCC(CCO)CNC(CC)c1ccccc1. The quantitative estimate of drug-likeness (QED) is 0.725. The van der Waals surface area contributed by atoms with E-state index in [1.807, 2.05) is 0 Å². The standard InChI is InChI=1S/C15H25NO/c1-3-13(10-11-17)12-16-15(4-2)14-8-6-5-7-9-14/h5-9,13,15-17H,3-4,10-12H2,1-2H3. The second-order valence-electron chi connectivity index (χ2n) is 4.57. The van der Waals surface area contributed by atoms with Crippen molar-refractivity contribution >= 4 is 0 Å². The average molecular weight is 235 g/mol. The lowest BCUT2D eigenvalue weighted by molar-refractivity contribution is 0.248. The van der Waals surface area contributed by atoms with E-state index in [0.717, 1.165) is 25.8 Å². The molecule has 2 unspecified atom stereocenters. The smallest absolute Gasteiger partial charge is 0.0434 e. The highest BCUT2D eigenvalue weighted by Gasteiger charge is 2.11. The Morgan fingerprint density at radius 1 is 1.12 bits per heavy atom. The van der Waals surface area contributed by atoms with Gasteiger partial charge in [0.05, 0.1) is 0 Å². The zero-order chi connectivity index (χ0) is 12.5. The van der Waals surface area contributed by atoms with Crippen LogP contribution in [0, 0.1) is 5.92 Å². The lowest BCUT2D eigenvalue weighted by atomic mass is 10.00. The van der Waals surface area contributed by atoms with Crippen molar-refractivity contribution in [1.29, 1.82) is 0 Å². The third-order valence-corrected chi connectivity index (χ3v) is 3.38. The second kappa shape index (κ2) is 8.26. The van der Waals surface area contributed by atoms with Crippen LogP contribution >= 0.6 is 0 Å². The monoisotopic (exact) mass is 235 g/mol. The van der Waals surface area contributed by atoms with E-state index >= 15 is 0 Å². The molecule has 0 bridgehead atoms. The largest absolute Gasteiger partial charge is 0.396 e. The first-order valence-electron chi connectivity index (χ1n) is 6.71. The van der Waals surface area contributed by atoms with Crippen molar-refractivity contribution < 1.29 is 5.11 Å². The predicted molar refractivity (Wildman–Crippen MR) is 73.0 cm³/mol. The topological polar surface area (TPSA) is 32.3 Å². The van der Waals surface area contributed by atoms with Crippen LogP contribution in [0.2, 0.25) is 0 Å². The number of benzene rings is 1. The summed E-state index contributed by atoms with van der Waals surface area (Å²) >= 11 is 0. The molecule has 0 radical (unpaired) electrons. The zero-order valence-corrected chi connectivity index (χ0v) is 11.0. The third-order valence-electron chi connectivity index (χ3n) is 3.38. The minimum Gasteiger partial charge on any atom is -0.396 e. The number of rotatable bonds is 8. The Morgan fingerprint density at radius 2 is 1.82 bits per heavy atom. The van der Waals surface area contributed by atoms with Gasteiger partial charge in [0.15, 0.2) is 0 Å². The van der Waals surface area contributed by atoms with Crippen LogP contribution in [0.1, 0.15) is 44.7 Å². The molecule has 2 nitrogen and oxygen atoms in total. The summed E-state index contributed by atoms with van der Waals surface area (Å²) in [5, 5.41) is 12.6. The fourth-order valence-electron chi connectivity index (χ4n) is 2.13. The number of aliphatic hydroxyl groups is 1. The zero-order valence-electron chi connectivity index (χ0n) is 11.0. The van der Waals surface area contributed by atoms with Crippen molar-refractivity contribution in [3.8, 4) is 0 Å². The molecule has 2 atom stereocenters. The molecule has 1 aromatic rings. The number of hydrogen-bond acceptors (Lipinski definition) is 2. The Morgan fingerprint density at radius 3 is 2.35 bits per heavy atom. The van der Waals surface area contributed by atoms with Gasteiger partial charge < -0.3 is 10.4 Å². The van der Waals surface area contributed by atoms with E-state index in [0.29, 0.717) is 18.6 Å². The summed E-state index contributed by atoms with van der Waals surface area (Å²) in [5.41, 5.74) is 1.36. The van der Waals surface area contributed by atoms with Gasteiger partial charge in [0.1, 0.15) is 0 Å². The van der Waals surface area contributed by atoms with E-state index in [1.54, 1.807) is 0 Å². The van der Waals surface area contributed by atoms with Crippen molar-refractivity contribution in [2.45, 2.75) is 39.2 Å². The summed E-state index contributed by atoms with van der Waals surface area (Å²) in [7, 11) is 0. The maximum Gasteiger partial charge on any atom is 0.0434 e. The summed E-state index contributed by atoms with van der Waals surface area (Å²) in [4.78, 5) is 0. The molecule has 0 saturated heterocycles. The Hall–Kier alpha value is -0.860. The summed E-state index contributed by atoms with van der Waals surface area (Å²) in [5.74, 6) is 0.581. The molecule has 0 aromatic heterocycles. The van der Waals surface area contributed by atoms with E-state index in [1.165, 1.54) is 5.56 Å². The summed E-state index contributed by atoms with van der Waals surface area (Å²) < 4.78 is 0. The van der Waals surface area contributed by atoms with E-state index in [-0.39, 0.29) is 0 Å². The molecular weight excluding hydrogens is 210 g/mol. The minimum absolute atomic E-state index is 0.294. The van der Waals surface area contributed by atoms with Crippen LogP contribution in [0.5, 0.6) is 0 Å². The molecule has 0 fully saturated rings. The molecule has 96 valence electrons. The number of aliphatic hydroxyl groups excluding tert-OH is 1. The van der Waals surface area contributed by atoms with Gasteiger partial charge in [-0.15, -0.1) is 0 Å². The van der Waals surface area contributed by atoms with Crippen molar-refractivity contribution in [3.05, 3.63) is 35.9 Å². The van der Waals surface area contributed by atoms with E-state index in [4.69, 9.17) is 5.11 Å². The van der Waals surface area contributed by atoms with Gasteiger partial charge in [0.25, 0.3) is 0 Å². The average Bonchev–Trinajstić information content (AvgIpc) is 2.39. The molecule has 0 aliphatic heterocycles. The molecule has 2 N–H and O–H groups in total. The Bertz CT molecular complexity index is 286. The molecule has 0 heterocycles. The van der Waals surface area contributed by atoms with Crippen molar-refractivity contribution in [3.63, 3.8) is 0 Å². The van der Waals surface area contributed by atoms with Crippen LogP contribution in [0.25, 0.3) is 0 Å². The second-order valence-corrected chi connectivity index (χ2v) is 4.57. The lowest BCUT2D eigenvalue weighted by Gasteiger charge is -2.21. The highest BCUT2D eigenvalue weighted by molar-refractivity contribution is 5.18. The van der Waals surface area contributed by atoms with Crippen molar-refractivity contribution in [2.24, 2.45) is 5.92 Å². The molecule has 0 spiro atoms. The Balaban J connectivity index is 2.47. The Kier molecular flexibility index (Phi) is 6.90. The van der Waals surface area contributed by atoms with E-state index in [9.17, 15) is 0 Å². The van der Waals surface area contributed by atoms with Crippen molar-refractivity contribution in [2.75, 3.05) is 13.2 Å². The molecule has 17 heavy (non-hydrogen) atoms. The first kappa shape index (κ1) is 14.2.